The van der Waals surface area contributed by atoms with Crippen LogP contribution in [0.3, 0.4) is 0 Å². The van der Waals surface area contributed by atoms with Gasteiger partial charge in [-0.25, -0.2) is 14.5 Å². The van der Waals surface area contributed by atoms with E-state index < -0.39 is 6.04 Å². The minimum atomic E-state index is -0.606. The third-order valence-electron chi connectivity index (χ3n) is 3.86. The van der Waals surface area contributed by atoms with Gasteiger partial charge in [0.15, 0.2) is 0 Å². The number of thioether (sulfide) groups is 1. The number of nitrogens with zero attached hydrogens (tertiary/aromatic N) is 5. The summed E-state index contributed by atoms with van der Waals surface area (Å²) in [5.41, 5.74) is 2.35. The molecule has 1 aliphatic rings. The van der Waals surface area contributed by atoms with E-state index in [1.54, 1.807) is 18.7 Å². The van der Waals surface area contributed by atoms with Gasteiger partial charge in [0.1, 0.15) is 6.04 Å². The summed E-state index contributed by atoms with van der Waals surface area (Å²) in [4.78, 5) is 31.7. The Morgan fingerprint density at radius 1 is 1.42 bits per heavy atom. The summed E-state index contributed by atoms with van der Waals surface area (Å²) < 4.78 is 1.57. The number of aromatic nitrogens is 6. The monoisotopic (exact) mass is 377 g/mol. The van der Waals surface area contributed by atoms with Gasteiger partial charge in [-0.1, -0.05) is 11.8 Å². The number of nitrogens with one attached hydrogen (secondary N) is 4. The molecule has 26 heavy (non-hydrogen) atoms. The summed E-state index contributed by atoms with van der Waals surface area (Å²) in [6.07, 6.45) is 1.54. The molecule has 3 amide bonds. The van der Waals surface area contributed by atoms with Crippen LogP contribution in [0, 0.1) is 6.92 Å². The van der Waals surface area contributed by atoms with E-state index in [-0.39, 0.29) is 11.9 Å². The number of carbonyl (C=O) groups is 2. The smallest absolute Gasteiger partial charge is 0.319 e. The van der Waals surface area contributed by atoms with Crippen LogP contribution in [0.1, 0.15) is 24.4 Å². The standard InChI is InChI=1S/C14H19N9O2S/c1-7-9(11(19-13(25)18-7)10-8(2)16-6-17-10)12(24)15-4-5-26-14-20-21-22-23(14)3/h6,11H,4-5H2,1-3H3,(H,15,24)(H,16,17)(H2,18,19,25)/t11-/m1/s1. The Morgan fingerprint density at radius 3 is 2.88 bits per heavy atom. The van der Waals surface area contributed by atoms with E-state index in [2.05, 4.69) is 41.4 Å². The van der Waals surface area contributed by atoms with Crippen LogP contribution in [-0.2, 0) is 11.8 Å². The van der Waals surface area contributed by atoms with E-state index in [0.717, 1.165) is 5.69 Å². The number of urea groups is 1. The van der Waals surface area contributed by atoms with Crippen molar-refractivity contribution in [3.63, 3.8) is 0 Å². The number of H-pyrrole nitrogens is 1. The van der Waals surface area contributed by atoms with Crippen LogP contribution in [-0.4, -0.2) is 54.4 Å². The third-order valence-corrected chi connectivity index (χ3v) is 4.87. The highest BCUT2D eigenvalue weighted by Crippen LogP contribution is 2.26. The van der Waals surface area contributed by atoms with Crippen molar-refractivity contribution in [3.8, 4) is 0 Å². The Balaban J connectivity index is 1.67. The Labute approximate surface area is 153 Å². The van der Waals surface area contributed by atoms with Gasteiger partial charge in [-0.2, -0.15) is 0 Å². The number of hydrogen-bond acceptors (Lipinski definition) is 7. The number of tetrazole rings is 1. The fourth-order valence-corrected chi connectivity index (χ4v) is 3.31. The topological polar surface area (TPSA) is 143 Å². The normalized spacial score (nSPS) is 17.0. The van der Waals surface area contributed by atoms with Crippen LogP contribution in [0.25, 0.3) is 0 Å². The number of imidazole rings is 1. The quantitative estimate of drug-likeness (QED) is 0.402. The molecule has 0 aliphatic carbocycles. The van der Waals surface area contributed by atoms with Crippen molar-refractivity contribution in [1.29, 1.82) is 0 Å². The first-order chi connectivity index (χ1) is 12.5. The molecule has 4 N–H and O–H groups in total. The molecule has 12 heteroatoms. The summed E-state index contributed by atoms with van der Waals surface area (Å²) in [5.74, 6) is 0.345. The lowest BCUT2D eigenvalue weighted by molar-refractivity contribution is -0.117. The maximum Gasteiger partial charge on any atom is 0.319 e. The van der Waals surface area contributed by atoms with Gasteiger partial charge in [-0.05, 0) is 24.3 Å². The molecule has 0 unspecified atom stereocenters. The number of allylic oxidation sites excluding steroid dienone is 1. The fraction of sp³-hybridized carbons (Fsp3) is 0.429. The second-order valence-corrected chi connectivity index (χ2v) is 6.73. The van der Waals surface area contributed by atoms with Gasteiger partial charge in [-0.3, -0.25) is 4.79 Å². The molecule has 0 spiro atoms. The molecule has 0 fully saturated rings. The average Bonchev–Trinajstić information content (AvgIpc) is 3.19. The molecule has 2 aromatic heterocycles. The average molecular weight is 377 g/mol. The molecule has 3 rings (SSSR count). The first kappa shape index (κ1) is 17.9. The molecular formula is C14H19N9O2S. The van der Waals surface area contributed by atoms with Crippen LogP contribution < -0.4 is 16.0 Å². The van der Waals surface area contributed by atoms with Crippen molar-refractivity contribution < 1.29 is 9.59 Å². The van der Waals surface area contributed by atoms with E-state index in [9.17, 15) is 9.59 Å². The van der Waals surface area contributed by atoms with Gasteiger partial charge in [-0.15, -0.1) is 5.10 Å². The van der Waals surface area contributed by atoms with Gasteiger partial charge in [0.2, 0.25) is 5.16 Å². The van der Waals surface area contributed by atoms with E-state index in [0.29, 0.717) is 34.4 Å². The summed E-state index contributed by atoms with van der Waals surface area (Å²) in [7, 11) is 1.75. The summed E-state index contributed by atoms with van der Waals surface area (Å²) in [5, 5.41) is 20.1. The van der Waals surface area contributed by atoms with Crippen LogP contribution >= 0.6 is 11.8 Å². The largest absolute Gasteiger partial charge is 0.351 e. The zero-order valence-corrected chi connectivity index (χ0v) is 15.3. The van der Waals surface area contributed by atoms with Crippen LogP contribution in [0.5, 0.6) is 0 Å². The zero-order chi connectivity index (χ0) is 18.7. The molecule has 3 heterocycles. The van der Waals surface area contributed by atoms with Gasteiger partial charge in [0.25, 0.3) is 5.91 Å². The lowest BCUT2D eigenvalue weighted by Crippen LogP contribution is -2.47. The minimum absolute atomic E-state index is 0.265. The van der Waals surface area contributed by atoms with Crippen molar-refractivity contribution in [3.05, 3.63) is 29.0 Å². The molecule has 0 radical (unpaired) electrons. The van der Waals surface area contributed by atoms with Crippen LogP contribution in [0.4, 0.5) is 4.79 Å². The van der Waals surface area contributed by atoms with Crippen molar-refractivity contribution in [2.24, 2.45) is 7.05 Å². The molecule has 0 bridgehead atoms. The van der Waals surface area contributed by atoms with Crippen molar-refractivity contribution in [1.82, 2.24) is 46.1 Å². The molecule has 0 aromatic carbocycles. The van der Waals surface area contributed by atoms with E-state index >= 15 is 0 Å². The summed E-state index contributed by atoms with van der Waals surface area (Å²) >= 11 is 1.44. The highest BCUT2D eigenvalue weighted by molar-refractivity contribution is 7.99. The maximum absolute atomic E-state index is 12.7. The highest BCUT2D eigenvalue weighted by atomic mass is 32.2. The highest BCUT2D eigenvalue weighted by Gasteiger charge is 2.33. The van der Waals surface area contributed by atoms with Gasteiger partial charge >= 0.3 is 6.03 Å². The van der Waals surface area contributed by atoms with E-state index in [1.807, 2.05) is 6.92 Å². The number of rotatable bonds is 6. The van der Waals surface area contributed by atoms with Crippen LogP contribution in [0.15, 0.2) is 22.8 Å². The number of hydrogen-bond donors (Lipinski definition) is 4. The Morgan fingerprint density at radius 2 is 2.23 bits per heavy atom. The van der Waals surface area contributed by atoms with Crippen molar-refractivity contribution in [2.45, 2.75) is 25.0 Å². The predicted molar refractivity (Wildman–Crippen MR) is 93.0 cm³/mol. The summed E-state index contributed by atoms with van der Waals surface area (Å²) in [6.45, 7) is 3.96. The lowest BCUT2D eigenvalue weighted by Gasteiger charge is -2.27. The number of aryl methyl sites for hydroxylation is 2. The molecule has 0 saturated heterocycles. The predicted octanol–water partition coefficient (Wildman–Crippen LogP) is -0.222. The molecule has 2 aromatic rings. The second kappa shape index (κ2) is 7.56. The Hall–Kier alpha value is -2.89. The van der Waals surface area contributed by atoms with Crippen LogP contribution in [0.2, 0.25) is 0 Å². The number of amides is 3. The minimum Gasteiger partial charge on any atom is -0.351 e. The van der Waals surface area contributed by atoms with Crippen molar-refractivity contribution in [2.75, 3.05) is 12.3 Å². The molecular weight excluding hydrogens is 358 g/mol. The van der Waals surface area contributed by atoms with Gasteiger partial charge < -0.3 is 20.9 Å². The fourth-order valence-electron chi connectivity index (χ4n) is 2.61. The zero-order valence-electron chi connectivity index (χ0n) is 14.5. The first-order valence-corrected chi connectivity index (χ1v) is 8.87. The first-order valence-electron chi connectivity index (χ1n) is 7.89. The van der Waals surface area contributed by atoms with E-state index in [1.165, 1.54) is 18.1 Å². The van der Waals surface area contributed by atoms with E-state index in [4.69, 9.17) is 0 Å². The molecule has 1 aliphatic heterocycles. The molecule has 0 saturated carbocycles. The van der Waals surface area contributed by atoms with Gasteiger partial charge in [0.05, 0.1) is 17.6 Å². The Kier molecular flexibility index (Phi) is 5.21. The van der Waals surface area contributed by atoms with Crippen molar-refractivity contribution >= 4 is 23.7 Å². The SMILES string of the molecule is CC1=C(C(=O)NCCSc2nnnn2C)[C@H](c2nc[nH]c2C)NC(=O)N1. The summed E-state index contributed by atoms with van der Waals surface area (Å²) in [6, 6.07) is -0.970. The number of aromatic amines is 1. The third kappa shape index (κ3) is 3.69. The van der Waals surface area contributed by atoms with Gasteiger partial charge in [0, 0.05) is 30.7 Å². The molecule has 138 valence electrons. The second-order valence-electron chi connectivity index (χ2n) is 5.67. The Bertz CT molecular complexity index is 856. The molecule has 1 atom stereocenters. The number of carbonyl (C=O) groups excluding carboxylic acids is 2. The maximum atomic E-state index is 12.7. The lowest BCUT2D eigenvalue weighted by atomic mass is 9.98. The molecule has 11 nitrogen and oxygen atoms in total.